The fraction of sp³-hybridized carbons (Fsp3) is 0.667. The summed E-state index contributed by atoms with van der Waals surface area (Å²) in [4.78, 5) is 59.2. The highest BCUT2D eigenvalue weighted by atomic mass is 32.1. The minimum Gasteiger partial charge on any atom is -0.464 e. The molecule has 6 bridgehead atoms. The Morgan fingerprint density at radius 1 is 0.974 bits per heavy atom. The number of nitrogens with one attached hydrogen (secondary N) is 2. The normalized spacial score (nSPS) is 28.2. The van der Waals surface area contributed by atoms with Crippen molar-refractivity contribution in [2.24, 2.45) is 16.7 Å². The van der Waals surface area contributed by atoms with Gasteiger partial charge in [0.25, 0.3) is 5.91 Å². The van der Waals surface area contributed by atoms with E-state index in [1.54, 1.807) is 7.11 Å². The fourth-order valence-electron chi connectivity index (χ4n) is 12.9. The molecule has 6 atom stereocenters. The molecule has 11 heterocycles. The number of hydrazine groups is 1. The van der Waals surface area contributed by atoms with Gasteiger partial charge in [0.2, 0.25) is 5.91 Å². The van der Waals surface area contributed by atoms with Crippen molar-refractivity contribution in [2.75, 3.05) is 99.3 Å². The number of thiazole rings is 1. The number of methoxy groups -OCH3 is 1. The van der Waals surface area contributed by atoms with Gasteiger partial charge in [0.05, 0.1) is 87.6 Å². The molecule has 8 aliphatic heterocycles. The molecule has 0 unspecified atom stereocenters. The molecule has 1 aromatic carbocycles. The highest BCUT2D eigenvalue weighted by Crippen LogP contribution is 2.47. The van der Waals surface area contributed by atoms with E-state index in [9.17, 15) is 9.59 Å². The number of carbonyl (C=O) groups is 3. The Morgan fingerprint density at radius 3 is 2.47 bits per heavy atom. The van der Waals surface area contributed by atoms with Crippen LogP contribution in [0.3, 0.4) is 0 Å². The number of rotatable bonds is 12. The summed E-state index contributed by atoms with van der Waals surface area (Å²) in [5.41, 5.74) is 10.8. The fourth-order valence-corrected chi connectivity index (χ4v) is 13.9. The highest BCUT2D eigenvalue weighted by Gasteiger charge is 2.55. The van der Waals surface area contributed by atoms with E-state index < -0.39 is 35.6 Å². The number of aromatic nitrogens is 3. The SMILES string of the molecule is CO[C@@H](C)c1ncc(C2CCN(C3COC3)CC2)cc1-c1c2c3cc(ccc3n1CCOC1CCOCC1)-c1csc(n1)[C@@H](N1CC3(COC3)C1)[C@H](NC(=O)[C@@H]1OC[C@@H]1C)C(=O)N1CCC[C@H](N1)C(=O)OCC(C)(C)C2. The zero-order chi connectivity index (χ0) is 52.3. The molecular formula is C57H76N8O10S. The first-order valence-electron chi connectivity index (χ1n) is 28.0. The number of fused-ring (bicyclic) bond motifs is 6. The number of benzene rings is 1. The van der Waals surface area contributed by atoms with Crippen LogP contribution >= 0.6 is 11.3 Å². The van der Waals surface area contributed by atoms with Gasteiger partial charge < -0.3 is 43.0 Å². The first-order valence-corrected chi connectivity index (χ1v) is 28.9. The Morgan fingerprint density at radius 2 is 1.78 bits per heavy atom. The minimum atomic E-state index is -1.03. The third-order valence-corrected chi connectivity index (χ3v) is 18.5. The van der Waals surface area contributed by atoms with E-state index in [0.29, 0.717) is 97.0 Å². The molecule has 3 aromatic heterocycles. The molecule has 18 nitrogen and oxygen atoms in total. The predicted octanol–water partition coefficient (Wildman–Crippen LogP) is 5.82. The second kappa shape index (κ2) is 21.7. The van der Waals surface area contributed by atoms with Crippen molar-refractivity contribution >= 4 is 40.0 Å². The second-order valence-corrected chi connectivity index (χ2v) is 24.8. The van der Waals surface area contributed by atoms with Crippen molar-refractivity contribution in [3.05, 3.63) is 57.7 Å². The zero-order valence-electron chi connectivity index (χ0n) is 44.9. The average molecular weight is 1070 g/mol. The molecule has 0 radical (unpaired) electrons. The maximum Gasteiger partial charge on any atom is 0.324 e. The van der Waals surface area contributed by atoms with Gasteiger partial charge >= 0.3 is 5.97 Å². The molecule has 410 valence electrons. The van der Waals surface area contributed by atoms with Gasteiger partial charge in [0.1, 0.15) is 23.2 Å². The molecule has 19 heteroatoms. The lowest BCUT2D eigenvalue weighted by Crippen LogP contribution is -2.70. The van der Waals surface area contributed by atoms with Gasteiger partial charge in [-0.25, -0.2) is 10.4 Å². The maximum absolute atomic E-state index is 15.2. The lowest BCUT2D eigenvalue weighted by molar-refractivity contribution is -0.203. The smallest absolute Gasteiger partial charge is 0.324 e. The number of hydrogen-bond acceptors (Lipinski definition) is 16. The van der Waals surface area contributed by atoms with Gasteiger partial charge in [-0.05, 0) is 100 Å². The Bertz CT molecular complexity index is 2770. The number of cyclic esters (lactones) is 1. The summed E-state index contributed by atoms with van der Waals surface area (Å²) >= 11 is 1.50. The number of ether oxygens (including phenoxy) is 7. The third kappa shape index (κ3) is 10.3. The molecule has 8 aliphatic rings. The summed E-state index contributed by atoms with van der Waals surface area (Å²) in [5, 5.41) is 8.58. The second-order valence-electron chi connectivity index (χ2n) is 23.9. The molecule has 7 saturated heterocycles. The van der Waals surface area contributed by atoms with Crippen molar-refractivity contribution in [3.8, 4) is 22.5 Å². The molecule has 0 aliphatic carbocycles. The van der Waals surface area contributed by atoms with Crippen LogP contribution in [0.4, 0.5) is 0 Å². The van der Waals surface area contributed by atoms with Crippen molar-refractivity contribution in [1.29, 1.82) is 0 Å². The quantitative estimate of drug-likeness (QED) is 0.162. The van der Waals surface area contributed by atoms with E-state index in [0.717, 1.165) is 102 Å². The molecule has 4 aromatic rings. The van der Waals surface area contributed by atoms with Gasteiger partial charge in [0.15, 0.2) is 0 Å². The Hall–Kier alpha value is -4.41. The minimum absolute atomic E-state index is 0.00237. The van der Waals surface area contributed by atoms with Crippen LogP contribution in [0.5, 0.6) is 0 Å². The monoisotopic (exact) mass is 1060 g/mol. The van der Waals surface area contributed by atoms with Gasteiger partial charge in [-0.2, -0.15) is 0 Å². The molecule has 1 spiro atoms. The molecule has 76 heavy (non-hydrogen) atoms. The molecule has 7 fully saturated rings. The summed E-state index contributed by atoms with van der Waals surface area (Å²) in [7, 11) is 1.75. The Labute approximate surface area is 449 Å². The number of likely N-dealkylation sites (tertiary alicyclic amines) is 2. The van der Waals surface area contributed by atoms with Gasteiger partial charge in [0, 0.05) is 96.9 Å². The topological polar surface area (TPSA) is 180 Å². The van der Waals surface area contributed by atoms with E-state index in [1.807, 2.05) is 6.92 Å². The first-order chi connectivity index (χ1) is 36.8. The Balaban J connectivity index is 0.997. The first kappa shape index (κ1) is 52.3. The maximum atomic E-state index is 15.2. The number of piperidine rings is 1. The lowest BCUT2D eigenvalue weighted by Gasteiger charge is -2.58. The standard InChI is InChI=1S/C57H76N8O10S/c1-34-25-74-51(34)52(66)60-48-50(63-29-57(30-63)32-72-33-57)53-59-45(28-76-53)37-8-9-46-41(21-37)43(23-56(3,4)31-75-55(68)44-7-6-14-65(61-44)54(48)67)49(64(46)17-20-73-40-12-18-70-19-13-40)42-22-38(24-58-47(42)35(2)69-5)36-10-15-62(16-11-36)39-26-71-27-39/h8-9,21-22,24,28,34-36,39-40,44,48,50-51,61H,6-7,10-20,23,25-27,29-33H2,1-5H3,(H,60,66)/t34-,35-,44-,48-,50-,51+/m0/s1. The number of amides is 2. The van der Waals surface area contributed by atoms with Crippen LogP contribution in [0.2, 0.25) is 0 Å². The van der Waals surface area contributed by atoms with E-state index in [1.165, 1.54) is 21.9 Å². The van der Waals surface area contributed by atoms with E-state index in [4.69, 9.17) is 43.1 Å². The van der Waals surface area contributed by atoms with Crippen LogP contribution < -0.4 is 10.7 Å². The average Bonchev–Trinajstić information content (AvgIpc) is 4.03. The molecule has 2 N–H and O–H groups in total. The lowest BCUT2D eigenvalue weighted by atomic mass is 9.76. The van der Waals surface area contributed by atoms with Gasteiger partial charge in [-0.1, -0.05) is 26.8 Å². The van der Waals surface area contributed by atoms with Crippen molar-refractivity contribution < 1.29 is 47.5 Å². The van der Waals surface area contributed by atoms with E-state index in [-0.39, 0.29) is 42.0 Å². The third-order valence-electron chi connectivity index (χ3n) is 17.6. The summed E-state index contributed by atoms with van der Waals surface area (Å²) in [5.74, 6) is -0.724. The number of nitrogens with zero attached hydrogens (tertiary/aromatic N) is 6. The summed E-state index contributed by atoms with van der Waals surface area (Å²) in [6.45, 7) is 18.2. The molecule has 12 rings (SSSR count). The van der Waals surface area contributed by atoms with Crippen LogP contribution in [0.15, 0.2) is 35.8 Å². The largest absolute Gasteiger partial charge is 0.464 e. The predicted molar refractivity (Wildman–Crippen MR) is 284 cm³/mol. The molecule has 2 amide bonds. The number of carbonyl (C=O) groups excluding carboxylic acids is 3. The van der Waals surface area contributed by atoms with Crippen LogP contribution in [-0.4, -0.2) is 177 Å². The Kier molecular flexibility index (Phi) is 14.9. The van der Waals surface area contributed by atoms with Crippen molar-refractivity contribution in [1.82, 2.24) is 40.1 Å². The van der Waals surface area contributed by atoms with Gasteiger partial charge in [-0.15, -0.1) is 11.3 Å². The van der Waals surface area contributed by atoms with Crippen molar-refractivity contribution in [2.45, 2.75) is 128 Å². The van der Waals surface area contributed by atoms with E-state index in [2.05, 4.69) is 81.7 Å². The van der Waals surface area contributed by atoms with Crippen LogP contribution in [0, 0.1) is 16.7 Å². The molecule has 0 saturated carbocycles. The van der Waals surface area contributed by atoms with Crippen LogP contribution in [0.25, 0.3) is 33.4 Å². The summed E-state index contributed by atoms with van der Waals surface area (Å²) in [6, 6.07) is 7.14. The zero-order valence-corrected chi connectivity index (χ0v) is 45.7. The van der Waals surface area contributed by atoms with Crippen LogP contribution in [0.1, 0.15) is 106 Å². The van der Waals surface area contributed by atoms with Crippen molar-refractivity contribution in [3.63, 3.8) is 0 Å². The number of esters is 1. The highest BCUT2D eigenvalue weighted by molar-refractivity contribution is 7.10. The van der Waals surface area contributed by atoms with E-state index >= 15 is 4.79 Å². The summed E-state index contributed by atoms with van der Waals surface area (Å²) in [6.07, 6.45) is 6.67. The van der Waals surface area contributed by atoms with Gasteiger partial charge in [-0.3, -0.25) is 34.2 Å². The number of pyridine rings is 1. The summed E-state index contributed by atoms with van der Waals surface area (Å²) < 4.78 is 44.3. The molecular weight excluding hydrogens is 989 g/mol. The van der Waals surface area contributed by atoms with Crippen LogP contribution in [-0.2, 0) is 60.5 Å². The number of hydrogen-bond donors (Lipinski definition) is 2.